The minimum Gasteiger partial charge on any atom is -0.468 e. The van der Waals surface area contributed by atoms with Gasteiger partial charge in [0.05, 0.1) is 12.3 Å². The lowest BCUT2D eigenvalue weighted by Crippen LogP contribution is -2.41. The van der Waals surface area contributed by atoms with E-state index in [0.717, 1.165) is 31.7 Å². The fourth-order valence-corrected chi connectivity index (χ4v) is 3.12. The largest absolute Gasteiger partial charge is 0.468 e. The minimum atomic E-state index is 0.128. The molecule has 0 radical (unpaired) electrons. The van der Waals surface area contributed by atoms with Crippen molar-refractivity contribution < 1.29 is 9.21 Å². The van der Waals surface area contributed by atoms with Gasteiger partial charge in [0, 0.05) is 12.5 Å². The Morgan fingerprint density at radius 1 is 1.29 bits per heavy atom. The van der Waals surface area contributed by atoms with Crippen molar-refractivity contribution in [1.82, 2.24) is 10.2 Å². The Kier molecular flexibility index (Phi) is 6.30. The molecule has 2 rings (SSSR count). The Morgan fingerprint density at radius 3 is 2.57 bits per heavy atom. The summed E-state index contributed by atoms with van der Waals surface area (Å²) in [6.07, 6.45) is 7.29. The highest BCUT2D eigenvalue weighted by atomic mass is 16.3. The lowest BCUT2D eigenvalue weighted by Gasteiger charge is -2.33. The van der Waals surface area contributed by atoms with Gasteiger partial charge < -0.3 is 9.73 Å². The smallest absolute Gasteiger partial charge is 0.223 e. The van der Waals surface area contributed by atoms with Crippen LogP contribution in [0.3, 0.4) is 0 Å². The summed E-state index contributed by atoms with van der Waals surface area (Å²) in [5.41, 5.74) is 0. The van der Waals surface area contributed by atoms with Crippen molar-refractivity contribution in [1.29, 1.82) is 0 Å². The molecular weight excluding hydrogens is 264 g/mol. The Balaban J connectivity index is 1.98. The van der Waals surface area contributed by atoms with Crippen LogP contribution in [0.15, 0.2) is 22.8 Å². The van der Waals surface area contributed by atoms with E-state index in [1.165, 1.54) is 19.3 Å². The molecule has 118 valence electrons. The molecule has 1 N–H and O–H groups in total. The van der Waals surface area contributed by atoms with Gasteiger partial charge in [0.25, 0.3) is 0 Å². The van der Waals surface area contributed by atoms with Crippen molar-refractivity contribution >= 4 is 5.91 Å². The van der Waals surface area contributed by atoms with Crippen molar-refractivity contribution in [3.63, 3.8) is 0 Å². The molecule has 1 atom stereocenters. The molecule has 1 aromatic rings. The first kappa shape index (κ1) is 16.1. The topological polar surface area (TPSA) is 45.5 Å². The van der Waals surface area contributed by atoms with Crippen molar-refractivity contribution in [2.45, 2.75) is 52.0 Å². The summed E-state index contributed by atoms with van der Waals surface area (Å²) in [6.45, 7) is 6.96. The van der Waals surface area contributed by atoms with E-state index < -0.39 is 0 Å². The van der Waals surface area contributed by atoms with Gasteiger partial charge in [0.2, 0.25) is 5.91 Å². The normalized spacial score (nSPS) is 17.9. The van der Waals surface area contributed by atoms with E-state index in [4.69, 9.17) is 4.42 Å². The summed E-state index contributed by atoms with van der Waals surface area (Å²) in [4.78, 5) is 14.6. The summed E-state index contributed by atoms with van der Waals surface area (Å²) in [5, 5.41) is 3.13. The molecule has 1 aliphatic heterocycles. The maximum Gasteiger partial charge on any atom is 0.223 e. The van der Waals surface area contributed by atoms with Crippen molar-refractivity contribution in [3.8, 4) is 0 Å². The van der Waals surface area contributed by atoms with Gasteiger partial charge in [0.15, 0.2) is 0 Å². The van der Waals surface area contributed by atoms with Gasteiger partial charge >= 0.3 is 0 Å². The molecule has 1 saturated heterocycles. The number of amides is 1. The second-order valence-electron chi connectivity index (χ2n) is 5.89. The number of nitrogens with one attached hydrogen (secondary N) is 1. The number of hydrogen-bond donors (Lipinski definition) is 1. The third-order valence-electron chi connectivity index (χ3n) is 4.53. The van der Waals surface area contributed by atoms with E-state index in [2.05, 4.69) is 24.1 Å². The van der Waals surface area contributed by atoms with Crippen molar-refractivity contribution in [2.24, 2.45) is 5.92 Å². The molecule has 1 aromatic heterocycles. The molecule has 1 unspecified atom stereocenters. The molecule has 0 aromatic carbocycles. The Hall–Kier alpha value is -1.29. The molecule has 21 heavy (non-hydrogen) atoms. The fourth-order valence-electron chi connectivity index (χ4n) is 3.12. The second-order valence-corrected chi connectivity index (χ2v) is 5.89. The van der Waals surface area contributed by atoms with Crippen LogP contribution in [0.5, 0.6) is 0 Å². The molecular formula is C17H28N2O2. The van der Waals surface area contributed by atoms with Crippen LogP contribution in [-0.2, 0) is 4.79 Å². The zero-order chi connectivity index (χ0) is 15.1. The second kappa shape index (κ2) is 8.23. The van der Waals surface area contributed by atoms with Crippen LogP contribution in [-0.4, -0.2) is 30.4 Å². The predicted octanol–water partition coefficient (Wildman–Crippen LogP) is 3.36. The van der Waals surface area contributed by atoms with E-state index in [9.17, 15) is 4.79 Å². The third-order valence-corrected chi connectivity index (χ3v) is 4.53. The van der Waals surface area contributed by atoms with Crippen LogP contribution >= 0.6 is 0 Å². The molecule has 0 bridgehead atoms. The highest BCUT2D eigenvalue weighted by molar-refractivity contribution is 5.78. The third kappa shape index (κ3) is 4.34. The first-order valence-corrected chi connectivity index (χ1v) is 8.31. The van der Waals surface area contributed by atoms with Crippen LogP contribution in [0.4, 0.5) is 0 Å². The lowest BCUT2D eigenvalue weighted by atomic mass is 10.0. The standard InChI is InChI=1S/C17H28N2O2/c1-3-14(4-2)17(20)18-13-15(16-9-8-12-21-16)19-10-6-5-7-11-19/h8-9,12,14-15H,3-7,10-11,13H2,1-2H3,(H,18,20). The number of hydrogen-bond acceptors (Lipinski definition) is 3. The van der Waals surface area contributed by atoms with Gasteiger partial charge in [-0.3, -0.25) is 9.69 Å². The van der Waals surface area contributed by atoms with E-state index in [-0.39, 0.29) is 17.9 Å². The number of nitrogens with zero attached hydrogens (tertiary/aromatic N) is 1. The fraction of sp³-hybridized carbons (Fsp3) is 0.706. The van der Waals surface area contributed by atoms with Gasteiger partial charge in [-0.2, -0.15) is 0 Å². The molecule has 4 heteroatoms. The average Bonchev–Trinajstić information content (AvgIpc) is 3.04. The summed E-state index contributed by atoms with van der Waals surface area (Å²) in [6, 6.07) is 4.11. The summed E-state index contributed by atoms with van der Waals surface area (Å²) < 4.78 is 5.60. The lowest BCUT2D eigenvalue weighted by molar-refractivity contribution is -0.125. The van der Waals surface area contributed by atoms with Crippen molar-refractivity contribution in [2.75, 3.05) is 19.6 Å². The van der Waals surface area contributed by atoms with Gasteiger partial charge in [0.1, 0.15) is 5.76 Å². The number of carbonyl (C=O) groups is 1. The van der Waals surface area contributed by atoms with Crippen LogP contribution < -0.4 is 5.32 Å². The number of carbonyl (C=O) groups excluding carboxylic acids is 1. The molecule has 1 amide bonds. The molecule has 2 heterocycles. The zero-order valence-electron chi connectivity index (χ0n) is 13.3. The summed E-state index contributed by atoms with van der Waals surface area (Å²) >= 11 is 0. The molecule has 1 fully saturated rings. The average molecular weight is 292 g/mol. The molecule has 0 saturated carbocycles. The first-order chi connectivity index (χ1) is 10.3. The number of rotatable bonds is 7. The highest BCUT2D eigenvalue weighted by Gasteiger charge is 2.25. The van der Waals surface area contributed by atoms with E-state index in [1.807, 2.05) is 12.1 Å². The van der Waals surface area contributed by atoms with E-state index >= 15 is 0 Å². The maximum atomic E-state index is 12.2. The Labute approximate surface area is 127 Å². The zero-order valence-corrected chi connectivity index (χ0v) is 13.3. The SMILES string of the molecule is CCC(CC)C(=O)NCC(c1ccco1)N1CCCCC1. The van der Waals surface area contributed by atoms with Crippen LogP contribution in [0, 0.1) is 5.92 Å². The molecule has 4 nitrogen and oxygen atoms in total. The van der Waals surface area contributed by atoms with Crippen LogP contribution in [0.1, 0.15) is 57.8 Å². The van der Waals surface area contributed by atoms with E-state index in [1.54, 1.807) is 6.26 Å². The first-order valence-electron chi connectivity index (χ1n) is 8.31. The van der Waals surface area contributed by atoms with Gasteiger partial charge in [-0.05, 0) is 50.9 Å². The minimum absolute atomic E-state index is 0.128. The highest BCUT2D eigenvalue weighted by Crippen LogP contribution is 2.24. The monoisotopic (exact) mass is 292 g/mol. The Morgan fingerprint density at radius 2 is 2.00 bits per heavy atom. The van der Waals surface area contributed by atoms with Gasteiger partial charge in [-0.15, -0.1) is 0 Å². The number of piperidine rings is 1. The molecule has 0 spiro atoms. The summed E-state index contributed by atoms with van der Waals surface area (Å²) in [7, 11) is 0. The molecule has 1 aliphatic rings. The number of furan rings is 1. The predicted molar refractivity (Wildman–Crippen MR) is 84.0 cm³/mol. The van der Waals surface area contributed by atoms with Crippen LogP contribution in [0.2, 0.25) is 0 Å². The van der Waals surface area contributed by atoms with E-state index in [0.29, 0.717) is 6.54 Å². The van der Waals surface area contributed by atoms with Crippen LogP contribution in [0.25, 0.3) is 0 Å². The van der Waals surface area contributed by atoms with Gasteiger partial charge in [-0.1, -0.05) is 20.3 Å². The summed E-state index contributed by atoms with van der Waals surface area (Å²) in [5.74, 6) is 1.26. The molecule has 0 aliphatic carbocycles. The van der Waals surface area contributed by atoms with Crippen molar-refractivity contribution in [3.05, 3.63) is 24.2 Å². The quantitative estimate of drug-likeness (QED) is 0.838. The number of likely N-dealkylation sites (tertiary alicyclic amines) is 1. The Bertz CT molecular complexity index is 406. The van der Waals surface area contributed by atoms with Gasteiger partial charge in [-0.25, -0.2) is 0 Å². The maximum absolute atomic E-state index is 12.2.